The summed E-state index contributed by atoms with van der Waals surface area (Å²) in [6.45, 7) is 0.438. The van der Waals surface area contributed by atoms with Crippen LogP contribution in [0.5, 0.6) is 0 Å². The predicted molar refractivity (Wildman–Crippen MR) is 94.4 cm³/mol. The Kier molecular flexibility index (Phi) is 4.82. The molecule has 0 atom stereocenters. The summed E-state index contributed by atoms with van der Waals surface area (Å²) in [6.07, 6.45) is 4.91. The van der Waals surface area contributed by atoms with Gasteiger partial charge < -0.3 is 4.90 Å². The highest BCUT2D eigenvalue weighted by molar-refractivity contribution is 5.95. The second-order valence-electron chi connectivity index (χ2n) is 5.68. The highest BCUT2D eigenvalue weighted by Gasteiger charge is 2.13. The van der Waals surface area contributed by atoms with E-state index < -0.39 is 0 Å². The van der Waals surface area contributed by atoms with Crippen LogP contribution in [0.15, 0.2) is 67.3 Å². The van der Waals surface area contributed by atoms with Crippen molar-refractivity contribution in [1.82, 2.24) is 14.9 Å². The number of nitriles is 1. The van der Waals surface area contributed by atoms with Gasteiger partial charge in [0.05, 0.1) is 11.6 Å². The third-order valence-electron chi connectivity index (χ3n) is 3.83. The molecular formula is C20H16N4O. The summed E-state index contributed by atoms with van der Waals surface area (Å²) in [4.78, 5) is 22.4. The molecule has 1 heterocycles. The van der Waals surface area contributed by atoms with Crippen molar-refractivity contribution in [3.05, 3.63) is 83.9 Å². The summed E-state index contributed by atoms with van der Waals surface area (Å²) in [7, 11) is 1.75. The Balaban J connectivity index is 1.79. The van der Waals surface area contributed by atoms with Crippen LogP contribution in [0.25, 0.3) is 11.1 Å². The van der Waals surface area contributed by atoms with Crippen LogP contribution >= 0.6 is 0 Å². The minimum atomic E-state index is -0.0824. The van der Waals surface area contributed by atoms with Gasteiger partial charge in [-0.15, -0.1) is 0 Å². The van der Waals surface area contributed by atoms with E-state index in [-0.39, 0.29) is 5.91 Å². The fraction of sp³-hybridized carbons (Fsp3) is 0.100. The summed E-state index contributed by atoms with van der Waals surface area (Å²) >= 11 is 0. The van der Waals surface area contributed by atoms with Gasteiger partial charge in [-0.3, -0.25) is 4.79 Å². The van der Waals surface area contributed by atoms with Gasteiger partial charge in [-0.05, 0) is 35.4 Å². The van der Waals surface area contributed by atoms with Crippen LogP contribution in [0.4, 0.5) is 0 Å². The third kappa shape index (κ3) is 3.88. The lowest BCUT2D eigenvalue weighted by molar-refractivity contribution is 0.0785. The van der Waals surface area contributed by atoms with Crippen molar-refractivity contribution in [2.45, 2.75) is 6.54 Å². The van der Waals surface area contributed by atoms with Crippen LogP contribution in [0.2, 0.25) is 0 Å². The Labute approximate surface area is 146 Å². The van der Waals surface area contributed by atoms with Gasteiger partial charge in [0.1, 0.15) is 6.33 Å². The van der Waals surface area contributed by atoms with E-state index >= 15 is 0 Å². The van der Waals surface area contributed by atoms with Crippen molar-refractivity contribution in [2.24, 2.45) is 0 Å². The Hall–Kier alpha value is -3.52. The number of carbonyl (C=O) groups is 1. The van der Waals surface area contributed by atoms with Crippen molar-refractivity contribution < 1.29 is 4.79 Å². The van der Waals surface area contributed by atoms with E-state index in [1.54, 1.807) is 42.5 Å². The predicted octanol–water partition coefficient (Wildman–Crippen LogP) is 3.29. The molecule has 0 N–H and O–H groups in total. The molecule has 3 aromatic rings. The zero-order chi connectivity index (χ0) is 17.6. The Morgan fingerprint density at radius 1 is 1.08 bits per heavy atom. The van der Waals surface area contributed by atoms with Gasteiger partial charge in [0.2, 0.25) is 0 Å². The summed E-state index contributed by atoms with van der Waals surface area (Å²) in [5.74, 6) is -0.0824. The molecule has 2 aromatic carbocycles. The molecule has 0 saturated carbocycles. The fourth-order valence-electron chi connectivity index (χ4n) is 2.59. The molecule has 0 aliphatic heterocycles. The first kappa shape index (κ1) is 16.3. The maximum Gasteiger partial charge on any atom is 0.253 e. The first-order valence-electron chi connectivity index (χ1n) is 7.77. The number of amides is 1. The van der Waals surface area contributed by atoms with Gasteiger partial charge in [0.15, 0.2) is 0 Å². The SMILES string of the molecule is CN(Cc1cccc(C#N)c1)C(=O)c1cccc(-c2cncnc2)c1. The standard InChI is InChI=1S/C20H16N4O/c1-24(13-16-5-2-4-15(8-16)10-21)20(25)18-7-3-6-17(9-18)19-11-22-14-23-12-19/h2-9,11-12,14H,13H2,1H3. The first-order valence-corrected chi connectivity index (χ1v) is 7.77. The lowest BCUT2D eigenvalue weighted by Crippen LogP contribution is -2.26. The fourth-order valence-corrected chi connectivity index (χ4v) is 2.59. The van der Waals surface area contributed by atoms with Gasteiger partial charge >= 0.3 is 0 Å². The minimum Gasteiger partial charge on any atom is -0.337 e. The highest BCUT2D eigenvalue weighted by Crippen LogP contribution is 2.19. The highest BCUT2D eigenvalue weighted by atomic mass is 16.2. The topological polar surface area (TPSA) is 69.9 Å². The zero-order valence-electron chi connectivity index (χ0n) is 13.8. The second kappa shape index (κ2) is 7.37. The molecule has 0 radical (unpaired) electrons. The van der Waals surface area contributed by atoms with Crippen LogP contribution in [0.3, 0.4) is 0 Å². The average Bonchev–Trinajstić information content (AvgIpc) is 2.68. The van der Waals surface area contributed by atoms with Crippen LogP contribution in [0.1, 0.15) is 21.5 Å². The van der Waals surface area contributed by atoms with Crippen molar-refractivity contribution in [3.8, 4) is 17.2 Å². The van der Waals surface area contributed by atoms with Gasteiger partial charge in [-0.2, -0.15) is 5.26 Å². The van der Waals surface area contributed by atoms with Gasteiger partial charge in [0.25, 0.3) is 5.91 Å². The molecule has 0 aliphatic rings. The van der Waals surface area contributed by atoms with E-state index in [4.69, 9.17) is 5.26 Å². The number of hydrogen-bond acceptors (Lipinski definition) is 4. The Morgan fingerprint density at radius 2 is 1.84 bits per heavy atom. The number of rotatable bonds is 4. The molecule has 122 valence electrons. The summed E-state index contributed by atoms with van der Waals surface area (Å²) < 4.78 is 0. The van der Waals surface area contributed by atoms with E-state index in [9.17, 15) is 4.79 Å². The molecule has 3 rings (SSSR count). The third-order valence-corrected chi connectivity index (χ3v) is 3.83. The van der Waals surface area contributed by atoms with E-state index in [1.165, 1.54) is 6.33 Å². The van der Waals surface area contributed by atoms with E-state index in [0.717, 1.165) is 16.7 Å². The number of carbonyl (C=O) groups excluding carboxylic acids is 1. The van der Waals surface area contributed by atoms with E-state index in [0.29, 0.717) is 17.7 Å². The van der Waals surface area contributed by atoms with Crippen LogP contribution < -0.4 is 0 Å². The van der Waals surface area contributed by atoms with Crippen LogP contribution in [-0.2, 0) is 6.54 Å². The number of aromatic nitrogens is 2. The van der Waals surface area contributed by atoms with E-state index in [1.807, 2.05) is 30.3 Å². The van der Waals surface area contributed by atoms with Gasteiger partial charge in [-0.1, -0.05) is 24.3 Å². The van der Waals surface area contributed by atoms with Crippen molar-refractivity contribution in [2.75, 3.05) is 7.05 Å². The maximum atomic E-state index is 12.7. The molecule has 5 nitrogen and oxygen atoms in total. The van der Waals surface area contributed by atoms with Gasteiger partial charge in [0, 0.05) is 37.1 Å². The quantitative estimate of drug-likeness (QED) is 0.737. The average molecular weight is 328 g/mol. The maximum absolute atomic E-state index is 12.7. The monoisotopic (exact) mass is 328 g/mol. The van der Waals surface area contributed by atoms with Crippen molar-refractivity contribution in [3.63, 3.8) is 0 Å². The Morgan fingerprint density at radius 3 is 2.60 bits per heavy atom. The van der Waals surface area contributed by atoms with Gasteiger partial charge in [-0.25, -0.2) is 9.97 Å². The Bertz CT molecular complexity index is 932. The van der Waals surface area contributed by atoms with Crippen LogP contribution in [0, 0.1) is 11.3 Å². The van der Waals surface area contributed by atoms with Crippen LogP contribution in [-0.4, -0.2) is 27.8 Å². The molecule has 1 amide bonds. The normalized spacial score (nSPS) is 10.1. The number of benzene rings is 2. The van der Waals surface area contributed by atoms with Crippen molar-refractivity contribution >= 4 is 5.91 Å². The molecule has 0 aliphatic carbocycles. The molecule has 0 spiro atoms. The smallest absolute Gasteiger partial charge is 0.253 e. The van der Waals surface area contributed by atoms with E-state index in [2.05, 4.69) is 16.0 Å². The summed E-state index contributed by atoms with van der Waals surface area (Å²) in [5.41, 5.74) is 3.86. The number of hydrogen-bond donors (Lipinski definition) is 0. The molecule has 1 aromatic heterocycles. The summed E-state index contributed by atoms with van der Waals surface area (Å²) in [5, 5.41) is 8.98. The lowest BCUT2D eigenvalue weighted by atomic mass is 10.0. The lowest BCUT2D eigenvalue weighted by Gasteiger charge is -2.18. The molecule has 0 fully saturated rings. The number of nitrogens with zero attached hydrogens (tertiary/aromatic N) is 4. The molecule has 0 unspecified atom stereocenters. The minimum absolute atomic E-state index is 0.0824. The molecule has 25 heavy (non-hydrogen) atoms. The molecule has 5 heteroatoms. The second-order valence-corrected chi connectivity index (χ2v) is 5.68. The largest absolute Gasteiger partial charge is 0.337 e. The van der Waals surface area contributed by atoms with Crippen molar-refractivity contribution in [1.29, 1.82) is 5.26 Å². The summed E-state index contributed by atoms with van der Waals surface area (Å²) in [6, 6.07) is 16.8. The molecule has 0 saturated heterocycles. The first-order chi connectivity index (χ1) is 12.2. The molecule has 0 bridgehead atoms. The molecular weight excluding hydrogens is 312 g/mol. The zero-order valence-corrected chi connectivity index (χ0v) is 13.8.